The van der Waals surface area contributed by atoms with Crippen LogP contribution in [0.3, 0.4) is 0 Å². The molecule has 0 saturated heterocycles. The molecule has 7 heteroatoms. The van der Waals surface area contributed by atoms with Crippen LogP contribution < -0.4 is 10.1 Å². The fourth-order valence-corrected chi connectivity index (χ4v) is 2.67. The molecule has 7 nitrogen and oxygen atoms in total. The van der Waals surface area contributed by atoms with Crippen molar-refractivity contribution >= 4 is 16.9 Å². The number of aryl methyl sites for hydroxylation is 1. The van der Waals surface area contributed by atoms with Crippen molar-refractivity contribution in [3.05, 3.63) is 72.2 Å². The number of hydrogen-bond donors (Lipinski definition) is 1. The van der Waals surface area contributed by atoms with Crippen LogP contribution in [0.1, 0.15) is 11.3 Å². The molecule has 4 rings (SSSR count). The minimum absolute atomic E-state index is 0.114. The lowest BCUT2D eigenvalue weighted by atomic mass is 10.2. The van der Waals surface area contributed by atoms with Crippen LogP contribution >= 0.6 is 0 Å². The first-order valence-electron chi connectivity index (χ1n) is 8.54. The highest BCUT2D eigenvalue weighted by Gasteiger charge is 2.12. The molecule has 4 aromatic rings. The molecule has 1 amide bonds. The average Bonchev–Trinajstić information content (AvgIpc) is 3.34. The maximum absolute atomic E-state index is 12.1. The molecule has 0 radical (unpaired) electrons. The normalized spacial score (nSPS) is 10.9. The second-order valence-corrected chi connectivity index (χ2v) is 6.09. The van der Waals surface area contributed by atoms with E-state index in [2.05, 4.69) is 15.5 Å². The van der Waals surface area contributed by atoms with Crippen molar-refractivity contribution in [3.63, 3.8) is 0 Å². The third kappa shape index (κ3) is 3.82. The SMILES string of the molecule is Cc1ccc(OCC(=O)NCc2ccco2)c(-n2nc3ccccc3n2)c1. The summed E-state index contributed by atoms with van der Waals surface area (Å²) >= 11 is 0. The van der Waals surface area contributed by atoms with Gasteiger partial charge in [0.1, 0.15) is 28.2 Å². The Balaban J connectivity index is 1.50. The fraction of sp³-hybridized carbons (Fsp3) is 0.150. The van der Waals surface area contributed by atoms with Crippen LogP contribution in [0.15, 0.2) is 65.3 Å². The van der Waals surface area contributed by atoms with Crippen molar-refractivity contribution in [2.45, 2.75) is 13.5 Å². The third-order valence-corrected chi connectivity index (χ3v) is 4.02. The molecule has 136 valence electrons. The van der Waals surface area contributed by atoms with E-state index >= 15 is 0 Å². The Morgan fingerprint density at radius 1 is 1.11 bits per heavy atom. The van der Waals surface area contributed by atoms with E-state index in [9.17, 15) is 4.79 Å². The van der Waals surface area contributed by atoms with E-state index in [0.717, 1.165) is 16.6 Å². The molecular weight excluding hydrogens is 344 g/mol. The highest BCUT2D eigenvalue weighted by Crippen LogP contribution is 2.24. The molecule has 0 bridgehead atoms. The van der Waals surface area contributed by atoms with E-state index in [-0.39, 0.29) is 12.5 Å². The predicted molar refractivity (Wildman–Crippen MR) is 99.7 cm³/mol. The summed E-state index contributed by atoms with van der Waals surface area (Å²) < 4.78 is 10.9. The smallest absolute Gasteiger partial charge is 0.258 e. The van der Waals surface area contributed by atoms with Gasteiger partial charge in [-0.2, -0.15) is 0 Å². The number of nitrogens with zero attached hydrogens (tertiary/aromatic N) is 3. The van der Waals surface area contributed by atoms with Crippen molar-refractivity contribution in [2.75, 3.05) is 6.61 Å². The van der Waals surface area contributed by atoms with Crippen molar-refractivity contribution < 1.29 is 13.9 Å². The number of aromatic nitrogens is 3. The summed E-state index contributed by atoms with van der Waals surface area (Å²) in [6.07, 6.45) is 1.57. The van der Waals surface area contributed by atoms with Crippen LogP contribution in [0.25, 0.3) is 16.7 Å². The van der Waals surface area contributed by atoms with E-state index in [0.29, 0.717) is 23.7 Å². The van der Waals surface area contributed by atoms with Gasteiger partial charge in [-0.15, -0.1) is 15.0 Å². The summed E-state index contributed by atoms with van der Waals surface area (Å²) in [7, 11) is 0. The van der Waals surface area contributed by atoms with Gasteiger partial charge in [-0.05, 0) is 48.9 Å². The standard InChI is InChI=1S/C20H18N4O3/c1-14-8-9-19(27-13-20(25)21-12-15-5-4-10-26-15)18(11-14)24-22-16-6-2-3-7-17(16)23-24/h2-11H,12-13H2,1H3,(H,21,25). The molecule has 0 aliphatic rings. The van der Waals surface area contributed by atoms with Gasteiger partial charge in [0.05, 0.1) is 12.8 Å². The monoisotopic (exact) mass is 362 g/mol. The van der Waals surface area contributed by atoms with Crippen LogP contribution in [0.5, 0.6) is 5.75 Å². The number of amides is 1. The molecule has 0 saturated carbocycles. The molecule has 0 spiro atoms. The van der Waals surface area contributed by atoms with Crippen LogP contribution in [-0.4, -0.2) is 27.5 Å². The van der Waals surface area contributed by atoms with Crippen LogP contribution in [0.2, 0.25) is 0 Å². The zero-order valence-corrected chi connectivity index (χ0v) is 14.8. The largest absolute Gasteiger partial charge is 0.481 e. The van der Waals surface area contributed by atoms with E-state index in [1.807, 2.05) is 49.4 Å². The molecule has 2 heterocycles. The molecule has 0 aliphatic heterocycles. The minimum Gasteiger partial charge on any atom is -0.481 e. The molecule has 2 aromatic carbocycles. The Morgan fingerprint density at radius 3 is 2.59 bits per heavy atom. The number of ether oxygens (including phenoxy) is 1. The first-order valence-corrected chi connectivity index (χ1v) is 8.54. The van der Waals surface area contributed by atoms with Crippen LogP contribution in [0, 0.1) is 6.92 Å². The zero-order valence-electron chi connectivity index (χ0n) is 14.8. The van der Waals surface area contributed by atoms with E-state index in [1.165, 1.54) is 4.80 Å². The van der Waals surface area contributed by atoms with E-state index < -0.39 is 0 Å². The molecule has 2 aromatic heterocycles. The lowest BCUT2D eigenvalue weighted by Gasteiger charge is -2.11. The molecule has 1 N–H and O–H groups in total. The second kappa shape index (κ2) is 7.33. The topological polar surface area (TPSA) is 82.2 Å². The fourth-order valence-electron chi connectivity index (χ4n) is 2.67. The molecule has 0 atom stereocenters. The summed E-state index contributed by atoms with van der Waals surface area (Å²) in [5, 5.41) is 11.7. The summed E-state index contributed by atoms with van der Waals surface area (Å²) in [4.78, 5) is 13.6. The van der Waals surface area contributed by atoms with Crippen LogP contribution in [-0.2, 0) is 11.3 Å². The van der Waals surface area contributed by atoms with Gasteiger partial charge in [0, 0.05) is 0 Å². The Labute approximate surface area is 155 Å². The number of carbonyl (C=O) groups is 1. The first-order chi connectivity index (χ1) is 13.2. The number of fused-ring (bicyclic) bond motifs is 1. The molecular formula is C20H18N4O3. The molecule has 0 unspecified atom stereocenters. The highest BCUT2D eigenvalue weighted by molar-refractivity contribution is 5.77. The highest BCUT2D eigenvalue weighted by atomic mass is 16.5. The van der Waals surface area contributed by atoms with Gasteiger partial charge in [-0.25, -0.2) is 0 Å². The first kappa shape index (κ1) is 16.8. The van der Waals surface area contributed by atoms with Gasteiger partial charge < -0.3 is 14.5 Å². The van der Waals surface area contributed by atoms with E-state index in [1.54, 1.807) is 18.4 Å². The van der Waals surface area contributed by atoms with Gasteiger partial charge in [-0.1, -0.05) is 18.2 Å². The lowest BCUT2D eigenvalue weighted by molar-refractivity contribution is -0.123. The van der Waals surface area contributed by atoms with Gasteiger partial charge in [0.25, 0.3) is 5.91 Å². The molecule has 27 heavy (non-hydrogen) atoms. The third-order valence-electron chi connectivity index (χ3n) is 4.02. The summed E-state index contributed by atoms with van der Waals surface area (Å²) in [6, 6.07) is 16.9. The maximum Gasteiger partial charge on any atom is 0.258 e. The second-order valence-electron chi connectivity index (χ2n) is 6.09. The average molecular weight is 362 g/mol. The van der Waals surface area contributed by atoms with Gasteiger partial charge in [0.2, 0.25) is 0 Å². The Hall–Kier alpha value is -3.61. The molecule has 0 aliphatic carbocycles. The summed E-state index contributed by atoms with van der Waals surface area (Å²) in [6.45, 7) is 2.19. The summed E-state index contributed by atoms with van der Waals surface area (Å²) in [5.41, 5.74) is 3.31. The van der Waals surface area contributed by atoms with Gasteiger partial charge in [-0.3, -0.25) is 4.79 Å². The number of carbonyl (C=O) groups excluding carboxylic acids is 1. The lowest BCUT2D eigenvalue weighted by Crippen LogP contribution is -2.28. The van der Waals surface area contributed by atoms with Crippen molar-refractivity contribution in [2.24, 2.45) is 0 Å². The Bertz CT molecular complexity index is 1040. The van der Waals surface area contributed by atoms with Gasteiger partial charge >= 0.3 is 0 Å². The predicted octanol–water partition coefficient (Wildman–Crippen LogP) is 3.02. The van der Waals surface area contributed by atoms with Crippen LogP contribution in [0.4, 0.5) is 0 Å². The number of hydrogen-bond acceptors (Lipinski definition) is 5. The van der Waals surface area contributed by atoms with Crippen molar-refractivity contribution in [1.29, 1.82) is 0 Å². The zero-order chi connectivity index (χ0) is 18.6. The van der Waals surface area contributed by atoms with Crippen molar-refractivity contribution in [3.8, 4) is 11.4 Å². The number of benzene rings is 2. The number of rotatable bonds is 6. The quantitative estimate of drug-likeness (QED) is 0.570. The maximum atomic E-state index is 12.1. The Morgan fingerprint density at radius 2 is 1.89 bits per heavy atom. The van der Waals surface area contributed by atoms with Gasteiger partial charge in [0.15, 0.2) is 6.61 Å². The van der Waals surface area contributed by atoms with Crippen molar-refractivity contribution in [1.82, 2.24) is 20.3 Å². The number of nitrogens with one attached hydrogen (secondary N) is 1. The number of furan rings is 1. The van der Waals surface area contributed by atoms with E-state index in [4.69, 9.17) is 9.15 Å². The minimum atomic E-state index is -0.239. The Kier molecular flexibility index (Phi) is 4.57. The summed E-state index contributed by atoms with van der Waals surface area (Å²) in [5.74, 6) is 0.984. The molecule has 0 fully saturated rings.